The first-order valence-electron chi connectivity index (χ1n) is 9.20. The highest BCUT2D eigenvalue weighted by Crippen LogP contribution is 2.31. The Balaban J connectivity index is 1.54. The lowest BCUT2D eigenvalue weighted by Gasteiger charge is -2.36. The highest BCUT2D eigenvalue weighted by molar-refractivity contribution is 5.95. The number of methoxy groups -OCH3 is 2. The number of para-hydroxylation sites is 2. The highest BCUT2D eigenvalue weighted by Gasteiger charge is 2.24. The molecule has 1 saturated heterocycles. The zero-order valence-electron chi connectivity index (χ0n) is 16.4. The number of piperazine rings is 1. The van der Waals surface area contributed by atoms with Crippen LogP contribution in [0.2, 0.25) is 0 Å². The Bertz CT molecular complexity index is 881. The summed E-state index contributed by atoms with van der Waals surface area (Å²) in [4.78, 5) is 28.3. The number of benzene rings is 2. The number of hydrogen-bond acceptors (Lipinski definition) is 6. The van der Waals surface area contributed by atoms with Crippen LogP contribution >= 0.6 is 0 Å². The van der Waals surface area contributed by atoms with Crippen LogP contribution in [0.25, 0.3) is 0 Å². The van der Waals surface area contributed by atoms with Crippen molar-refractivity contribution in [2.24, 2.45) is 0 Å². The van der Waals surface area contributed by atoms with Gasteiger partial charge in [0.1, 0.15) is 11.4 Å². The normalized spacial score (nSPS) is 13.8. The lowest BCUT2D eigenvalue weighted by atomic mass is 10.2. The second-order valence-corrected chi connectivity index (χ2v) is 6.44. The Kier molecular flexibility index (Phi) is 6.54. The first-order valence-corrected chi connectivity index (χ1v) is 9.20. The summed E-state index contributed by atoms with van der Waals surface area (Å²) in [6.45, 7) is 1.48. The smallest absolute Gasteiger partial charge is 0.342 e. The van der Waals surface area contributed by atoms with Gasteiger partial charge in [-0.1, -0.05) is 18.2 Å². The van der Waals surface area contributed by atoms with Crippen LogP contribution in [0.4, 0.5) is 10.1 Å². The minimum Gasteiger partial charge on any atom is -0.493 e. The van der Waals surface area contributed by atoms with Crippen LogP contribution in [0.3, 0.4) is 0 Å². The molecule has 29 heavy (non-hydrogen) atoms. The van der Waals surface area contributed by atoms with Crippen molar-refractivity contribution in [2.45, 2.75) is 0 Å². The Hall–Kier alpha value is -3.29. The van der Waals surface area contributed by atoms with E-state index >= 15 is 0 Å². The number of ether oxygens (including phenoxy) is 3. The van der Waals surface area contributed by atoms with Gasteiger partial charge in [-0.25, -0.2) is 9.18 Å². The van der Waals surface area contributed by atoms with E-state index in [2.05, 4.69) is 0 Å². The Morgan fingerprint density at radius 1 is 0.966 bits per heavy atom. The molecule has 0 unspecified atom stereocenters. The molecule has 0 spiro atoms. The van der Waals surface area contributed by atoms with E-state index in [1.165, 1.54) is 20.3 Å². The molecule has 2 aromatic carbocycles. The molecule has 1 heterocycles. The van der Waals surface area contributed by atoms with E-state index in [1.54, 1.807) is 41.3 Å². The van der Waals surface area contributed by atoms with Gasteiger partial charge < -0.3 is 24.0 Å². The zero-order chi connectivity index (χ0) is 20.8. The number of amides is 1. The second-order valence-electron chi connectivity index (χ2n) is 6.44. The fraction of sp³-hybridized carbons (Fsp3) is 0.333. The van der Waals surface area contributed by atoms with Crippen LogP contribution in [0, 0.1) is 5.82 Å². The topological polar surface area (TPSA) is 68.3 Å². The Morgan fingerprint density at radius 3 is 2.34 bits per heavy atom. The first kappa shape index (κ1) is 20.4. The lowest BCUT2D eigenvalue weighted by Crippen LogP contribution is -2.50. The third-order valence-electron chi connectivity index (χ3n) is 4.78. The average Bonchev–Trinajstić information content (AvgIpc) is 2.77. The van der Waals surface area contributed by atoms with Gasteiger partial charge in [0.2, 0.25) is 0 Å². The zero-order valence-corrected chi connectivity index (χ0v) is 16.4. The van der Waals surface area contributed by atoms with Gasteiger partial charge in [-0.15, -0.1) is 0 Å². The summed E-state index contributed by atoms with van der Waals surface area (Å²) >= 11 is 0. The molecule has 8 heteroatoms. The molecule has 0 bridgehead atoms. The number of carbonyl (C=O) groups is 2. The predicted octanol–water partition coefficient (Wildman–Crippen LogP) is 2.35. The van der Waals surface area contributed by atoms with E-state index < -0.39 is 5.97 Å². The van der Waals surface area contributed by atoms with Crippen molar-refractivity contribution in [2.75, 3.05) is 51.9 Å². The first-order chi connectivity index (χ1) is 14.0. The summed E-state index contributed by atoms with van der Waals surface area (Å²) < 4.78 is 29.5. The van der Waals surface area contributed by atoms with Gasteiger partial charge >= 0.3 is 5.97 Å². The number of esters is 1. The van der Waals surface area contributed by atoms with Crippen molar-refractivity contribution in [3.05, 3.63) is 53.8 Å². The minimum absolute atomic E-state index is 0.184. The van der Waals surface area contributed by atoms with Crippen molar-refractivity contribution in [1.29, 1.82) is 0 Å². The van der Waals surface area contributed by atoms with Crippen LogP contribution in [-0.4, -0.2) is 63.8 Å². The quantitative estimate of drug-likeness (QED) is 0.691. The van der Waals surface area contributed by atoms with E-state index in [0.717, 1.165) is 0 Å². The van der Waals surface area contributed by atoms with Crippen molar-refractivity contribution >= 4 is 17.6 Å². The molecule has 2 aromatic rings. The summed E-state index contributed by atoms with van der Waals surface area (Å²) in [5, 5.41) is 0. The second kappa shape index (κ2) is 9.27. The molecule has 3 rings (SSSR count). The maximum atomic E-state index is 13.9. The van der Waals surface area contributed by atoms with Gasteiger partial charge in [0, 0.05) is 26.2 Å². The number of rotatable bonds is 6. The lowest BCUT2D eigenvalue weighted by molar-refractivity contribution is -0.134. The van der Waals surface area contributed by atoms with Gasteiger partial charge in [0.25, 0.3) is 5.91 Å². The number of nitrogens with zero attached hydrogens (tertiary/aromatic N) is 2. The summed E-state index contributed by atoms with van der Waals surface area (Å²) in [6, 6.07) is 11.4. The SMILES string of the molecule is COc1cccc(C(=O)OCC(=O)N2CCN(c3ccccc3F)CC2)c1OC. The largest absolute Gasteiger partial charge is 0.493 e. The standard InChI is InChI=1S/C21H23FN2O5/c1-27-18-9-5-6-15(20(18)28-2)21(26)29-14-19(25)24-12-10-23(11-13-24)17-8-4-3-7-16(17)22/h3-9H,10-14H2,1-2H3. The number of anilines is 1. The summed E-state index contributed by atoms with van der Waals surface area (Å²) in [5.41, 5.74) is 0.708. The number of carbonyl (C=O) groups excluding carboxylic acids is 2. The van der Waals surface area contributed by atoms with Gasteiger partial charge in [0.05, 0.1) is 19.9 Å². The van der Waals surface area contributed by atoms with Crippen molar-refractivity contribution < 1.29 is 28.2 Å². The molecule has 0 N–H and O–H groups in total. The molecule has 7 nitrogen and oxygen atoms in total. The molecule has 0 radical (unpaired) electrons. The van der Waals surface area contributed by atoms with Gasteiger partial charge in [-0.2, -0.15) is 0 Å². The predicted molar refractivity (Wildman–Crippen MR) is 105 cm³/mol. The van der Waals surface area contributed by atoms with Crippen LogP contribution in [-0.2, 0) is 9.53 Å². The molecule has 0 aromatic heterocycles. The van der Waals surface area contributed by atoms with Crippen LogP contribution in [0.15, 0.2) is 42.5 Å². The molecule has 0 atom stereocenters. The van der Waals surface area contributed by atoms with E-state index in [-0.39, 0.29) is 29.6 Å². The molecule has 0 saturated carbocycles. The van der Waals surface area contributed by atoms with Gasteiger partial charge in [-0.05, 0) is 24.3 Å². The molecule has 1 fully saturated rings. The maximum Gasteiger partial charge on any atom is 0.342 e. The Morgan fingerprint density at radius 2 is 1.69 bits per heavy atom. The van der Waals surface area contributed by atoms with Gasteiger partial charge in [-0.3, -0.25) is 4.79 Å². The monoisotopic (exact) mass is 402 g/mol. The third kappa shape index (κ3) is 4.59. The van der Waals surface area contributed by atoms with E-state index in [9.17, 15) is 14.0 Å². The molecule has 1 amide bonds. The van der Waals surface area contributed by atoms with E-state index in [4.69, 9.17) is 14.2 Å². The Labute approximate surface area is 168 Å². The van der Waals surface area contributed by atoms with Crippen LogP contribution in [0.1, 0.15) is 10.4 Å². The molecule has 1 aliphatic heterocycles. The molecule has 154 valence electrons. The maximum absolute atomic E-state index is 13.9. The average molecular weight is 402 g/mol. The summed E-state index contributed by atoms with van der Waals surface area (Å²) in [5.74, 6) is -0.593. The third-order valence-corrected chi connectivity index (χ3v) is 4.78. The van der Waals surface area contributed by atoms with E-state index in [1.807, 2.05) is 4.90 Å². The molecular weight excluding hydrogens is 379 g/mol. The van der Waals surface area contributed by atoms with Crippen molar-refractivity contribution in [3.63, 3.8) is 0 Å². The van der Waals surface area contributed by atoms with E-state index in [0.29, 0.717) is 37.6 Å². The van der Waals surface area contributed by atoms with Gasteiger partial charge in [0.15, 0.2) is 18.1 Å². The van der Waals surface area contributed by atoms with Crippen LogP contribution < -0.4 is 14.4 Å². The van der Waals surface area contributed by atoms with Crippen molar-refractivity contribution in [1.82, 2.24) is 4.90 Å². The number of hydrogen-bond donors (Lipinski definition) is 0. The fourth-order valence-corrected chi connectivity index (χ4v) is 3.25. The summed E-state index contributed by atoms with van der Waals surface area (Å²) in [6.07, 6.45) is 0. The number of halogens is 1. The van der Waals surface area contributed by atoms with Crippen molar-refractivity contribution in [3.8, 4) is 11.5 Å². The van der Waals surface area contributed by atoms with Crippen LogP contribution in [0.5, 0.6) is 11.5 Å². The molecule has 0 aliphatic carbocycles. The molecule has 1 aliphatic rings. The minimum atomic E-state index is -0.668. The fourth-order valence-electron chi connectivity index (χ4n) is 3.25. The highest BCUT2D eigenvalue weighted by atomic mass is 19.1. The summed E-state index contributed by atoms with van der Waals surface area (Å²) in [7, 11) is 2.90. The molecular formula is C21H23FN2O5.